The number of nitriles is 1. The van der Waals surface area contributed by atoms with Gasteiger partial charge in [-0.2, -0.15) is 5.26 Å². The lowest BCUT2D eigenvalue weighted by Crippen LogP contribution is -2.22. The highest BCUT2D eigenvalue weighted by molar-refractivity contribution is 5.91. The number of carbonyl (C=O) groups is 1. The first-order valence-electron chi connectivity index (χ1n) is 17.6. The number of nitrogens with one attached hydrogen (secondary N) is 1. The van der Waals surface area contributed by atoms with Crippen LogP contribution in [0.5, 0.6) is 0 Å². The van der Waals surface area contributed by atoms with Gasteiger partial charge in [0.05, 0.1) is 11.5 Å². The zero-order valence-corrected chi connectivity index (χ0v) is 28.8. The van der Waals surface area contributed by atoms with Crippen molar-refractivity contribution in [2.24, 2.45) is 5.92 Å². The smallest absolute Gasteiger partial charge is 0.307 e. The number of pyridine rings is 2. The highest BCUT2D eigenvalue weighted by atomic mass is 16.4. The average Bonchev–Trinajstić information content (AvgIpc) is 3.91. The zero-order valence-electron chi connectivity index (χ0n) is 28.8. The second-order valence-electron chi connectivity index (χ2n) is 13.8. The molecule has 8 rings (SSSR count). The van der Waals surface area contributed by atoms with Crippen molar-refractivity contribution in [3.8, 4) is 28.7 Å². The molecule has 1 atom stereocenters. The van der Waals surface area contributed by atoms with Gasteiger partial charge in [0.25, 0.3) is 0 Å². The summed E-state index contributed by atoms with van der Waals surface area (Å²) in [6.07, 6.45) is 6.97. The molecule has 2 fully saturated rings. The molecular formula is C41H39N7O3. The summed E-state index contributed by atoms with van der Waals surface area (Å²) in [5, 5.41) is 24.1. The van der Waals surface area contributed by atoms with Crippen molar-refractivity contribution in [1.29, 1.82) is 5.26 Å². The van der Waals surface area contributed by atoms with Gasteiger partial charge in [0, 0.05) is 48.7 Å². The van der Waals surface area contributed by atoms with Gasteiger partial charge in [-0.15, -0.1) is 0 Å². The summed E-state index contributed by atoms with van der Waals surface area (Å²) in [5.41, 5.74) is 10.4. The topological polar surface area (TPSA) is 131 Å². The van der Waals surface area contributed by atoms with Crippen LogP contribution in [-0.4, -0.2) is 62.0 Å². The molecule has 6 aromatic rings. The molecule has 0 radical (unpaired) electrons. The molecule has 2 aliphatic rings. The normalized spacial score (nSPS) is 16.6. The molecule has 2 saturated heterocycles. The summed E-state index contributed by atoms with van der Waals surface area (Å²) >= 11 is 0. The van der Waals surface area contributed by atoms with E-state index in [2.05, 4.69) is 64.3 Å². The van der Waals surface area contributed by atoms with Crippen LogP contribution in [0.2, 0.25) is 0 Å². The van der Waals surface area contributed by atoms with Gasteiger partial charge in [0.15, 0.2) is 11.4 Å². The monoisotopic (exact) mass is 677 g/mol. The fourth-order valence-corrected chi connectivity index (χ4v) is 7.65. The third-order valence-corrected chi connectivity index (χ3v) is 10.4. The van der Waals surface area contributed by atoms with E-state index in [4.69, 9.17) is 14.4 Å². The molecule has 2 N–H and O–H groups in total. The quantitative estimate of drug-likeness (QED) is 0.156. The van der Waals surface area contributed by atoms with Gasteiger partial charge >= 0.3 is 5.97 Å². The largest absolute Gasteiger partial charge is 0.481 e. The molecule has 10 heteroatoms. The van der Waals surface area contributed by atoms with Gasteiger partial charge in [-0.25, -0.2) is 9.97 Å². The Bertz CT molecular complexity index is 2340. The Balaban J connectivity index is 1.08. The summed E-state index contributed by atoms with van der Waals surface area (Å²) < 4.78 is 6.29. The molecular weight excluding hydrogens is 638 g/mol. The molecule has 0 spiro atoms. The van der Waals surface area contributed by atoms with E-state index >= 15 is 0 Å². The molecule has 0 saturated carbocycles. The number of oxazole rings is 1. The summed E-state index contributed by atoms with van der Waals surface area (Å²) in [6.45, 7) is 9.15. The first-order chi connectivity index (χ1) is 24.8. The maximum absolute atomic E-state index is 11.5. The van der Waals surface area contributed by atoms with E-state index in [1.165, 1.54) is 18.4 Å². The Morgan fingerprint density at radius 2 is 1.71 bits per heavy atom. The van der Waals surface area contributed by atoms with Crippen LogP contribution in [0.3, 0.4) is 0 Å². The number of rotatable bonds is 9. The summed E-state index contributed by atoms with van der Waals surface area (Å²) in [5.74, 6) is 0.0509. The van der Waals surface area contributed by atoms with E-state index in [0.717, 1.165) is 75.4 Å². The number of aromatic nitrogens is 3. The number of nitrogens with zero attached hydrogens (tertiary/aromatic N) is 6. The number of fused-ring (bicyclic) bond motifs is 2. The van der Waals surface area contributed by atoms with Gasteiger partial charge in [-0.05, 0) is 123 Å². The third-order valence-electron chi connectivity index (χ3n) is 10.4. The van der Waals surface area contributed by atoms with Crippen molar-refractivity contribution in [1.82, 2.24) is 24.8 Å². The van der Waals surface area contributed by atoms with Gasteiger partial charge in [0.2, 0.25) is 5.89 Å². The fourth-order valence-electron chi connectivity index (χ4n) is 7.65. The molecule has 5 heterocycles. The standard InChI is InChI=1S/C41H39N7O3/c1-25-32(7-5-9-34(25)40-46-36-19-27(17-31(20-42)38(36)51-40)22-48-16-12-30(24-48)41(49)50)33-8-6-10-35(26(33)2)45-39-37-29(11-13-43-39)18-28(21-44-37)23-47-14-3-4-15-47/h5-11,13,17-19,21,30H,3-4,12,14-16,22-24H2,1-2H3,(H,43,45)(H,49,50)/t30-/m0/s1. The molecule has 2 aliphatic heterocycles. The number of hydrogen-bond acceptors (Lipinski definition) is 9. The van der Waals surface area contributed by atoms with Crippen molar-refractivity contribution >= 4 is 39.5 Å². The van der Waals surface area contributed by atoms with Crippen molar-refractivity contribution in [3.63, 3.8) is 0 Å². The summed E-state index contributed by atoms with van der Waals surface area (Å²) in [4.78, 5) is 30.4. The van der Waals surface area contributed by atoms with Crippen LogP contribution < -0.4 is 5.32 Å². The van der Waals surface area contributed by atoms with E-state index in [1.54, 1.807) is 0 Å². The predicted octanol–water partition coefficient (Wildman–Crippen LogP) is 7.84. The van der Waals surface area contributed by atoms with Crippen molar-refractivity contribution in [3.05, 3.63) is 101 Å². The number of carboxylic acid groups (broad SMARTS) is 1. The van der Waals surface area contributed by atoms with Crippen molar-refractivity contribution in [2.75, 3.05) is 31.5 Å². The minimum Gasteiger partial charge on any atom is -0.481 e. The molecule has 256 valence electrons. The maximum Gasteiger partial charge on any atom is 0.307 e. The molecule has 3 aromatic carbocycles. The van der Waals surface area contributed by atoms with Crippen LogP contribution in [0, 0.1) is 31.1 Å². The van der Waals surface area contributed by atoms with Crippen LogP contribution in [0.4, 0.5) is 11.5 Å². The average molecular weight is 678 g/mol. The number of aliphatic carboxylic acids is 1. The first kappa shape index (κ1) is 32.6. The molecule has 0 bridgehead atoms. The second-order valence-corrected chi connectivity index (χ2v) is 13.8. The van der Waals surface area contributed by atoms with Gasteiger partial charge in [0.1, 0.15) is 17.1 Å². The van der Waals surface area contributed by atoms with E-state index in [1.807, 2.05) is 48.8 Å². The number of hydrogen-bond donors (Lipinski definition) is 2. The summed E-state index contributed by atoms with van der Waals surface area (Å²) in [6, 6.07) is 22.6. The Morgan fingerprint density at radius 3 is 2.49 bits per heavy atom. The lowest BCUT2D eigenvalue weighted by Gasteiger charge is -2.17. The molecule has 51 heavy (non-hydrogen) atoms. The van der Waals surface area contributed by atoms with Crippen LogP contribution in [0.15, 0.2) is 77.5 Å². The van der Waals surface area contributed by atoms with Crippen molar-refractivity contribution < 1.29 is 14.3 Å². The third kappa shape index (κ3) is 6.42. The van der Waals surface area contributed by atoms with Gasteiger partial charge in [-0.3, -0.25) is 19.6 Å². The van der Waals surface area contributed by atoms with Crippen LogP contribution >= 0.6 is 0 Å². The Hall–Kier alpha value is -5.63. The molecule has 10 nitrogen and oxygen atoms in total. The highest BCUT2D eigenvalue weighted by Crippen LogP contribution is 2.38. The first-order valence-corrected chi connectivity index (χ1v) is 17.6. The lowest BCUT2D eigenvalue weighted by atomic mass is 9.93. The number of carboxylic acids is 1. The second kappa shape index (κ2) is 13.6. The van der Waals surface area contributed by atoms with E-state index in [9.17, 15) is 15.2 Å². The summed E-state index contributed by atoms with van der Waals surface area (Å²) in [7, 11) is 0. The fraction of sp³-hybridized carbons (Fsp3) is 0.293. The molecule has 0 amide bonds. The molecule has 0 unspecified atom stereocenters. The SMILES string of the molecule is Cc1c(Nc2nccc3cc(CN4CCCC4)cnc23)cccc1-c1cccc(-c2nc3cc(CN4CC[C@H](C(=O)O)C4)cc(C#N)c3o2)c1C. The number of benzene rings is 3. The minimum absolute atomic E-state index is 0.358. The number of likely N-dealkylation sites (tertiary alicyclic amines) is 2. The zero-order chi connectivity index (χ0) is 35.1. The molecule has 3 aromatic heterocycles. The Morgan fingerprint density at radius 1 is 0.941 bits per heavy atom. The highest BCUT2D eigenvalue weighted by Gasteiger charge is 2.28. The van der Waals surface area contributed by atoms with E-state index in [-0.39, 0.29) is 5.92 Å². The minimum atomic E-state index is -0.761. The lowest BCUT2D eigenvalue weighted by molar-refractivity contribution is -0.141. The number of anilines is 2. The molecule has 0 aliphatic carbocycles. The maximum atomic E-state index is 11.5. The van der Waals surface area contributed by atoms with Crippen molar-refractivity contribution in [2.45, 2.75) is 46.2 Å². The van der Waals surface area contributed by atoms with Crippen LogP contribution in [0.1, 0.15) is 47.1 Å². The Labute approximate surface area is 296 Å². The van der Waals surface area contributed by atoms with Crippen LogP contribution in [-0.2, 0) is 17.9 Å². The van der Waals surface area contributed by atoms with Crippen LogP contribution in [0.25, 0.3) is 44.6 Å². The predicted molar refractivity (Wildman–Crippen MR) is 197 cm³/mol. The van der Waals surface area contributed by atoms with Gasteiger partial charge in [-0.1, -0.05) is 24.3 Å². The van der Waals surface area contributed by atoms with E-state index in [0.29, 0.717) is 48.6 Å². The van der Waals surface area contributed by atoms with Gasteiger partial charge < -0.3 is 14.8 Å². The van der Waals surface area contributed by atoms with E-state index < -0.39 is 5.97 Å². The Kier molecular flexibility index (Phi) is 8.68.